The van der Waals surface area contributed by atoms with E-state index in [1.54, 1.807) is 6.07 Å². The zero-order valence-electron chi connectivity index (χ0n) is 16.2. The molecule has 0 atom stereocenters. The van der Waals surface area contributed by atoms with Crippen LogP contribution in [-0.2, 0) is 6.61 Å². The average molecular weight is 377 g/mol. The number of aromatic nitrogens is 1. The van der Waals surface area contributed by atoms with Crippen molar-refractivity contribution in [1.29, 1.82) is 5.26 Å². The molecule has 1 saturated heterocycles. The van der Waals surface area contributed by atoms with Gasteiger partial charge in [-0.25, -0.2) is 0 Å². The van der Waals surface area contributed by atoms with E-state index in [-0.39, 0.29) is 0 Å². The Morgan fingerprint density at radius 1 is 1.07 bits per heavy atom. The van der Waals surface area contributed by atoms with Crippen molar-refractivity contribution in [2.45, 2.75) is 39.7 Å². The molecule has 28 heavy (non-hydrogen) atoms. The molecule has 0 unspecified atom stereocenters. The summed E-state index contributed by atoms with van der Waals surface area (Å²) in [5, 5.41) is 9.42. The van der Waals surface area contributed by atoms with Gasteiger partial charge in [-0.3, -0.25) is 0 Å². The van der Waals surface area contributed by atoms with Crippen LogP contribution in [0.2, 0.25) is 0 Å². The van der Waals surface area contributed by atoms with Gasteiger partial charge >= 0.3 is 0 Å². The number of oxazole rings is 1. The van der Waals surface area contributed by atoms with E-state index in [1.165, 1.54) is 17.5 Å². The van der Waals surface area contributed by atoms with Gasteiger partial charge in [-0.2, -0.15) is 10.2 Å². The summed E-state index contributed by atoms with van der Waals surface area (Å²) in [6.45, 7) is 6.21. The minimum atomic E-state index is 0.307. The molecule has 0 saturated carbocycles. The molecule has 144 valence electrons. The van der Waals surface area contributed by atoms with Crippen LogP contribution < -0.4 is 9.64 Å². The highest BCUT2D eigenvalue weighted by Gasteiger charge is 2.23. The first-order chi connectivity index (χ1) is 13.6. The van der Waals surface area contributed by atoms with Crippen molar-refractivity contribution in [2.24, 2.45) is 0 Å². The molecule has 1 aliphatic rings. The summed E-state index contributed by atoms with van der Waals surface area (Å²) >= 11 is 0. The normalized spacial score (nSPS) is 14.1. The lowest BCUT2D eigenvalue weighted by molar-refractivity contribution is 0.271. The lowest BCUT2D eigenvalue weighted by Crippen LogP contribution is -2.29. The number of nitrogens with zero attached hydrogens (tertiary/aromatic N) is 3. The van der Waals surface area contributed by atoms with Gasteiger partial charge in [-0.05, 0) is 68.5 Å². The average Bonchev–Trinajstić information content (AvgIpc) is 3.36. The van der Waals surface area contributed by atoms with Crippen molar-refractivity contribution in [3.05, 3.63) is 52.9 Å². The van der Waals surface area contributed by atoms with E-state index in [4.69, 9.17) is 13.6 Å². The van der Waals surface area contributed by atoms with E-state index < -0.39 is 0 Å². The molecule has 0 spiro atoms. The Morgan fingerprint density at radius 3 is 2.64 bits per heavy atom. The number of hydrogen-bond donors (Lipinski definition) is 0. The van der Waals surface area contributed by atoms with Gasteiger partial charge in [0.1, 0.15) is 24.2 Å². The summed E-state index contributed by atoms with van der Waals surface area (Å²) in [6, 6.07) is 11.8. The molecule has 6 heteroatoms. The highest BCUT2D eigenvalue weighted by Crippen LogP contribution is 2.31. The number of piperidine rings is 1. The first-order valence-electron chi connectivity index (χ1n) is 9.59. The van der Waals surface area contributed by atoms with E-state index in [0.717, 1.165) is 31.7 Å². The van der Waals surface area contributed by atoms with Gasteiger partial charge in [0.2, 0.25) is 11.6 Å². The van der Waals surface area contributed by atoms with Crippen LogP contribution in [0.25, 0.3) is 11.7 Å². The number of hydrogen-bond acceptors (Lipinski definition) is 6. The molecule has 1 fully saturated rings. The van der Waals surface area contributed by atoms with Crippen LogP contribution in [0, 0.1) is 25.2 Å². The Morgan fingerprint density at radius 2 is 1.89 bits per heavy atom. The molecule has 6 nitrogen and oxygen atoms in total. The van der Waals surface area contributed by atoms with Crippen molar-refractivity contribution >= 4 is 5.88 Å². The number of benzene rings is 1. The smallest absolute Gasteiger partial charge is 0.266 e. The molecule has 0 N–H and O–H groups in total. The van der Waals surface area contributed by atoms with Gasteiger partial charge in [0.15, 0.2) is 5.76 Å². The third kappa shape index (κ3) is 3.74. The first-order valence-corrected chi connectivity index (χ1v) is 9.59. The fraction of sp³-hybridized carbons (Fsp3) is 0.364. The van der Waals surface area contributed by atoms with Crippen molar-refractivity contribution in [2.75, 3.05) is 18.0 Å². The zero-order valence-corrected chi connectivity index (χ0v) is 16.2. The van der Waals surface area contributed by atoms with E-state index in [1.807, 2.05) is 24.3 Å². The summed E-state index contributed by atoms with van der Waals surface area (Å²) in [5.74, 6) is 2.84. The van der Waals surface area contributed by atoms with E-state index >= 15 is 0 Å². The number of ether oxygens (including phenoxy) is 1. The van der Waals surface area contributed by atoms with Gasteiger partial charge in [0.25, 0.3) is 5.89 Å². The largest absolute Gasteiger partial charge is 0.486 e. The molecule has 1 aromatic carbocycles. The summed E-state index contributed by atoms with van der Waals surface area (Å²) in [6.07, 6.45) is 3.41. The van der Waals surface area contributed by atoms with Crippen LogP contribution in [0.5, 0.6) is 5.75 Å². The topological polar surface area (TPSA) is 75.4 Å². The zero-order chi connectivity index (χ0) is 19.5. The minimum Gasteiger partial charge on any atom is -0.486 e. The monoisotopic (exact) mass is 377 g/mol. The Balaban J connectivity index is 1.48. The standard InChI is InChI=1S/C22H23N3O3/c1-15-6-7-17(12-16(15)2)26-14-18-8-9-20(27-18)21-24-19(13-23)22(28-21)25-10-4-3-5-11-25/h6-9,12H,3-5,10-11,14H2,1-2H3. The SMILES string of the molecule is Cc1ccc(OCc2ccc(-c3nc(C#N)c(N4CCCCC4)o3)o2)cc1C. The Labute approximate surface area is 164 Å². The maximum Gasteiger partial charge on any atom is 0.266 e. The number of nitriles is 1. The molecular formula is C22H23N3O3. The van der Waals surface area contributed by atoms with Gasteiger partial charge in [-0.1, -0.05) is 6.07 Å². The van der Waals surface area contributed by atoms with Crippen LogP contribution >= 0.6 is 0 Å². The molecular weight excluding hydrogens is 354 g/mol. The van der Waals surface area contributed by atoms with Crippen LogP contribution in [0.3, 0.4) is 0 Å². The quantitative estimate of drug-likeness (QED) is 0.623. The Hall–Kier alpha value is -3.20. The molecule has 3 aromatic rings. The molecule has 1 aliphatic heterocycles. The predicted octanol–water partition coefficient (Wildman–Crippen LogP) is 4.99. The second-order valence-corrected chi connectivity index (χ2v) is 7.13. The van der Waals surface area contributed by atoms with E-state index in [9.17, 15) is 5.26 Å². The lowest BCUT2D eigenvalue weighted by atomic mass is 10.1. The highest BCUT2D eigenvalue weighted by atomic mass is 16.5. The third-order valence-corrected chi connectivity index (χ3v) is 5.09. The second-order valence-electron chi connectivity index (χ2n) is 7.13. The molecule has 0 bridgehead atoms. The fourth-order valence-corrected chi connectivity index (χ4v) is 3.33. The number of aryl methyl sites for hydroxylation is 2. The van der Waals surface area contributed by atoms with Gasteiger partial charge in [-0.15, -0.1) is 0 Å². The van der Waals surface area contributed by atoms with Crippen LogP contribution in [0.4, 0.5) is 5.88 Å². The van der Waals surface area contributed by atoms with Crippen molar-refractivity contribution < 1.29 is 13.6 Å². The molecule has 3 heterocycles. The molecule has 4 rings (SSSR count). The lowest BCUT2D eigenvalue weighted by Gasteiger charge is -2.25. The van der Waals surface area contributed by atoms with Crippen molar-refractivity contribution in [1.82, 2.24) is 4.98 Å². The van der Waals surface area contributed by atoms with Gasteiger partial charge < -0.3 is 18.5 Å². The summed E-state index contributed by atoms with van der Waals surface area (Å²) in [5.41, 5.74) is 2.72. The predicted molar refractivity (Wildman–Crippen MR) is 105 cm³/mol. The number of rotatable bonds is 5. The first kappa shape index (κ1) is 18.2. The second kappa shape index (κ2) is 7.81. The highest BCUT2D eigenvalue weighted by molar-refractivity contribution is 5.56. The number of anilines is 1. The summed E-state index contributed by atoms with van der Waals surface area (Å²) in [4.78, 5) is 6.41. The minimum absolute atomic E-state index is 0.307. The molecule has 0 aliphatic carbocycles. The van der Waals surface area contributed by atoms with Crippen LogP contribution in [0.1, 0.15) is 41.8 Å². The molecule has 0 amide bonds. The van der Waals surface area contributed by atoms with Crippen molar-refractivity contribution in [3.8, 4) is 23.5 Å². The summed E-state index contributed by atoms with van der Waals surface area (Å²) in [7, 11) is 0. The van der Waals surface area contributed by atoms with Crippen molar-refractivity contribution in [3.63, 3.8) is 0 Å². The van der Waals surface area contributed by atoms with E-state index in [2.05, 4.69) is 29.8 Å². The molecule has 0 radical (unpaired) electrons. The Bertz CT molecular complexity index is 1010. The fourth-order valence-electron chi connectivity index (χ4n) is 3.33. The third-order valence-electron chi connectivity index (χ3n) is 5.09. The van der Waals surface area contributed by atoms with Crippen LogP contribution in [-0.4, -0.2) is 18.1 Å². The maximum absolute atomic E-state index is 9.42. The van der Waals surface area contributed by atoms with Gasteiger partial charge in [0, 0.05) is 13.1 Å². The van der Waals surface area contributed by atoms with Crippen LogP contribution in [0.15, 0.2) is 39.2 Å². The number of furan rings is 1. The van der Waals surface area contributed by atoms with Gasteiger partial charge in [0.05, 0.1) is 0 Å². The Kier molecular flexibility index (Phi) is 5.07. The van der Waals surface area contributed by atoms with E-state index in [0.29, 0.717) is 35.6 Å². The summed E-state index contributed by atoms with van der Waals surface area (Å²) < 4.78 is 17.5. The molecule has 2 aromatic heterocycles. The maximum atomic E-state index is 9.42.